The van der Waals surface area contributed by atoms with Crippen molar-refractivity contribution in [2.75, 3.05) is 12.3 Å². The number of hydrogen-bond donors (Lipinski definition) is 1. The van der Waals surface area contributed by atoms with E-state index in [0.717, 1.165) is 22.4 Å². The van der Waals surface area contributed by atoms with Gasteiger partial charge in [0.1, 0.15) is 0 Å². The highest BCUT2D eigenvalue weighted by atomic mass is 16.5. The summed E-state index contributed by atoms with van der Waals surface area (Å²) in [4.78, 5) is 11.4. The first-order valence-electron chi connectivity index (χ1n) is 6.30. The Kier molecular flexibility index (Phi) is 4.18. The number of nitrogens with two attached hydrogens (primary N) is 1. The summed E-state index contributed by atoms with van der Waals surface area (Å²) in [6.07, 6.45) is 0.304. The van der Waals surface area contributed by atoms with Crippen LogP contribution in [0.4, 0.5) is 5.69 Å². The van der Waals surface area contributed by atoms with Crippen LogP contribution in [-0.4, -0.2) is 12.6 Å². The van der Waals surface area contributed by atoms with E-state index >= 15 is 0 Å². The van der Waals surface area contributed by atoms with Gasteiger partial charge < -0.3 is 10.5 Å². The molecule has 0 fully saturated rings. The summed E-state index contributed by atoms with van der Waals surface area (Å²) < 4.78 is 4.92. The summed E-state index contributed by atoms with van der Waals surface area (Å²) in [5, 5.41) is 0. The normalized spacial score (nSPS) is 10.2. The fourth-order valence-corrected chi connectivity index (χ4v) is 1.94. The number of rotatable bonds is 4. The molecule has 0 amide bonds. The lowest BCUT2D eigenvalue weighted by Gasteiger charge is -2.07. The summed E-state index contributed by atoms with van der Waals surface area (Å²) >= 11 is 0. The van der Waals surface area contributed by atoms with Crippen molar-refractivity contribution >= 4 is 11.7 Å². The molecule has 3 heteroatoms. The van der Waals surface area contributed by atoms with E-state index in [1.54, 1.807) is 6.92 Å². The fraction of sp³-hybridized carbons (Fsp3) is 0.188. The minimum Gasteiger partial charge on any atom is -0.466 e. The van der Waals surface area contributed by atoms with E-state index in [1.165, 1.54) is 0 Å². The zero-order valence-corrected chi connectivity index (χ0v) is 10.9. The van der Waals surface area contributed by atoms with Crippen LogP contribution in [0.2, 0.25) is 0 Å². The van der Waals surface area contributed by atoms with E-state index in [-0.39, 0.29) is 5.97 Å². The molecule has 2 rings (SSSR count). The van der Waals surface area contributed by atoms with Crippen LogP contribution in [0.1, 0.15) is 12.5 Å². The Labute approximate surface area is 113 Å². The first-order chi connectivity index (χ1) is 9.20. The van der Waals surface area contributed by atoms with Crippen molar-refractivity contribution in [3.05, 3.63) is 54.1 Å². The third kappa shape index (κ3) is 3.35. The maximum absolute atomic E-state index is 11.4. The minimum absolute atomic E-state index is 0.200. The molecular formula is C16H17NO2. The number of carbonyl (C=O) groups is 1. The third-order valence-corrected chi connectivity index (χ3v) is 2.88. The quantitative estimate of drug-likeness (QED) is 0.675. The molecular weight excluding hydrogens is 238 g/mol. The number of anilines is 1. The summed E-state index contributed by atoms with van der Waals surface area (Å²) in [5.41, 5.74) is 9.68. The predicted molar refractivity (Wildman–Crippen MR) is 76.6 cm³/mol. The lowest BCUT2D eigenvalue weighted by Crippen LogP contribution is -2.07. The summed E-state index contributed by atoms with van der Waals surface area (Å²) in [6, 6.07) is 15.5. The van der Waals surface area contributed by atoms with Crippen molar-refractivity contribution < 1.29 is 9.53 Å². The first kappa shape index (κ1) is 13.1. The van der Waals surface area contributed by atoms with Crippen molar-refractivity contribution in [3.8, 4) is 11.1 Å². The highest BCUT2D eigenvalue weighted by Crippen LogP contribution is 2.25. The molecule has 0 atom stereocenters. The SMILES string of the molecule is CCOC(=O)Cc1ccc(-c2ccccc2N)cc1. The van der Waals surface area contributed by atoms with Crippen molar-refractivity contribution in [2.24, 2.45) is 0 Å². The highest BCUT2D eigenvalue weighted by molar-refractivity contribution is 5.77. The summed E-state index contributed by atoms with van der Waals surface area (Å²) in [6.45, 7) is 2.22. The Morgan fingerprint density at radius 2 is 1.79 bits per heavy atom. The van der Waals surface area contributed by atoms with E-state index in [0.29, 0.717) is 13.0 Å². The maximum Gasteiger partial charge on any atom is 0.310 e. The Morgan fingerprint density at radius 1 is 1.11 bits per heavy atom. The second kappa shape index (κ2) is 6.05. The van der Waals surface area contributed by atoms with Gasteiger partial charge in [0.15, 0.2) is 0 Å². The van der Waals surface area contributed by atoms with E-state index in [1.807, 2.05) is 48.5 Å². The van der Waals surface area contributed by atoms with Gasteiger partial charge in [0, 0.05) is 11.3 Å². The maximum atomic E-state index is 11.4. The third-order valence-electron chi connectivity index (χ3n) is 2.88. The molecule has 0 unspecified atom stereocenters. The molecule has 0 aliphatic rings. The van der Waals surface area contributed by atoms with Crippen molar-refractivity contribution in [1.29, 1.82) is 0 Å². The number of benzene rings is 2. The van der Waals surface area contributed by atoms with Gasteiger partial charge in [0.05, 0.1) is 13.0 Å². The predicted octanol–water partition coefficient (Wildman–Crippen LogP) is 3.04. The molecule has 0 bridgehead atoms. The molecule has 0 saturated carbocycles. The minimum atomic E-state index is -0.200. The van der Waals surface area contributed by atoms with Gasteiger partial charge in [-0.25, -0.2) is 0 Å². The van der Waals surface area contributed by atoms with Gasteiger partial charge >= 0.3 is 5.97 Å². The van der Waals surface area contributed by atoms with Gasteiger partial charge in [-0.05, 0) is 24.1 Å². The number of para-hydroxylation sites is 1. The average Bonchev–Trinajstić information content (AvgIpc) is 2.41. The summed E-state index contributed by atoms with van der Waals surface area (Å²) in [5.74, 6) is -0.200. The van der Waals surface area contributed by atoms with Gasteiger partial charge in [-0.1, -0.05) is 42.5 Å². The topological polar surface area (TPSA) is 52.3 Å². The number of esters is 1. The van der Waals surface area contributed by atoms with Gasteiger partial charge in [0.2, 0.25) is 0 Å². The Hall–Kier alpha value is -2.29. The van der Waals surface area contributed by atoms with Crippen molar-refractivity contribution in [1.82, 2.24) is 0 Å². The first-order valence-corrected chi connectivity index (χ1v) is 6.30. The van der Waals surface area contributed by atoms with Gasteiger partial charge in [-0.3, -0.25) is 4.79 Å². The van der Waals surface area contributed by atoms with E-state index in [2.05, 4.69) is 0 Å². The summed E-state index contributed by atoms with van der Waals surface area (Å²) in [7, 11) is 0. The Balaban J connectivity index is 2.15. The van der Waals surface area contributed by atoms with E-state index in [4.69, 9.17) is 10.5 Å². The molecule has 0 aliphatic heterocycles. The molecule has 0 heterocycles. The van der Waals surface area contributed by atoms with E-state index in [9.17, 15) is 4.79 Å². The molecule has 98 valence electrons. The smallest absolute Gasteiger partial charge is 0.310 e. The van der Waals surface area contributed by atoms with Crippen LogP contribution < -0.4 is 5.73 Å². The largest absolute Gasteiger partial charge is 0.466 e. The highest BCUT2D eigenvalue weighted by Gasteiger charge is 2.05. The van der Waals surface area contributed by atoms with Crippen LogP contribution in [0.5, 0.6) is 0 Å². The number of hydrogen-bond acceptors (Lipinski definition) is 3. The number of carbonyl (C=O) groups excluding carboxylic acids is 1. The van der Waals surface area contributed by atoms with Gasteiger partial charge in [0.25, 0.3) is 0 Å². The van der Waals surface area contributed by atoms with Crippen molar-refractivity contribution in [3.63, 3.8) is 0 Å². The molecule has 0 aliphatic carbocycles. The molecule has 2 N–H and O–H groups in total. The second-order valence-electron chi connectivity index (χ2n) is 4.27. The molecule has 3 nitrogen and oxygen atoms in total. The van der Waals surface area contributed by atoms with Crippen LogP contribution in [-0.2, 0) is 16.0 Å². The lowest BCUT2D eigenvalue weighted by atomic mass is 10.0. The number of nitrogen functional groups attached to an aromatic ring is 1. The zero-order valence-electron chi connectivity index (χ0n) is 10.9. The van der Waals surface area contributed by atoms with Crippen LogP contribution in [0.15, 0.2) is 48.5 Å². The van der Waals surface area contributed by atoms with Crippen LogP contribution in [0.25, 0.3) is 11.1 Å². The fourth-order valence-electron chi connectivity index (χ4n) is 1.94. The molecule has 0 radical (unpaired) electrons. The lowest BCUT2D eigenvalue weighted by molar-refractivity contribution is -0.142. The zero-order chi connectivity index (χ0) is 13.7. The molecule has 0 spiro atoms. The van der Waals surface area contributed by atoms with Crippen LogP contribution in [0.3, 0.4) is 0 Å². The monoisotopic (exact) mass is 255 g/mol. The number of ether oxygens (including phenoxy) is 1. The van der Waals surface area contributed by atoms with Crippen LogP contribution in [0, 0.1) is 0 Å². The Morgan fingerprint density at radius 3 is 2.42 bits per heavy atom. The molecule has 19 heavy (non-hydrogen) atoms. The molecule has 2 aromatic carbocycles. The average molecular weight is 255 g/mol. The van der Waals surface area contributed by atoms with Gasteiger partial charge in [-0.2, -0.15) is 0 Å². The van der Waals surface area contributed by atoms with E-state index < -0.39 is 0 Å². The van der Waals surface area contributed by atoms with Gasteiger partial charge in [-0.15, -0.1) is 0 Å². The standard InChI is InChI=1S/C16H17NO2/c1-2-19-16(18)11-12-7-9-13(10-8-12)14-5-3-4-6-15(14)17/h3-10H,2,11,17H2,1H3. The molecule has 0 saturated heterocycles. The molecule has 2 aromatic rings. The van der Waals surface area contributed by atoms with Crippen molar-refractivity contribution in [2.45, 2.75) is 13.3 Å². The van der Waals surface area contributed by atoms with Crippen LogP contribution >= 0.6 is 0 Å². The second-order valence-corrected chi connectivity index (χ2v) is 4.27. The Bertz CT molecular complexity index is 561. The molecule has 0 aromatic heterocycles.